The highest BCUT2D eigenvalue weighted by molar-refractivity contribution is 8.14. The van der Waals surface area contributed by atoms with Crippen molar-refractivity contribution in [2.45, 2.75) is 62.2 Å². The molecule has 4 heteroatoms. The first-order chi connectivity index (χ1) is 11.8. The van der Waals surface area contributed by atoms with Gasteiger partial charge in [-0.25, -0.2) is 9.98 Å². The number of unbranched alkanes of at least 4 members (excludes halogenated alkanes) is 2. The van der Waals surface area contributed by atoms with Gasteiger partial charge in [0.1, 0.15) is 0 Å². The highest BCUT2D eigenvalue weighted by Gasteiger charge is 2.23. The van der Waals surface area contributed by atoms with Crippen molar-refractivity contribution in [3.05, 3.63) is 24.3 Å². The lowest BCUT2D eigenvalue weighted by atomic mass is 10.1. The van der Waals surface area contributed by atoms with Gasteiger partial charge in [0.05, 0.1) is 21.5 Å². The van der Waals surface area contributed by atoms with E-state index in [9.17, 15) is 0 Å². The molecule has 2 aliphatic heterocycles. The monoisotopic (exact) mass is 354 g/mol. The molecule has 0 N–H and O–H groups in total. The average Bonchev–Trinajstić information content (AvgIpc) is 2.62. The fraction of sp³-hybridized carbons (Fsp3) is 0.400. The maximum Gasteiger partial charge on any atom is 0.0786 e. The van der Waals surface area contributed by atoms with Gasteiger partial charge in [-0.05, 0) is 49.9 Å². The van der Waals surface area contributed by atoms with Crippen LogP contribution in [0.25, 0.3) is 10.8 Å². The summed E-state index contributed by atoms with van der Waals surface area (Å²) in [7, 11) is 0. The van der Waals surface area contributed by atoms with Crippen molar-refractivity contribution in [2.75, 3.05) is 0 Å². The molecule has 0 atom stereocenters. The number of benzene rings is 2. The minimum absolute atomic E-state index is 1.08. The predicted molar refractivity (Wildman–Crippen MR) is 109 cm³/mol. The van der Waals surface area contributed by atoms with E-state index in [0.29, 0.717) is 0 Å². The third-order valence-corrected chi connectivity index (χ3v) is 6.66. The van der Waals surface area contributed by atoms with E-state index in [2.05, 4.69) is 38.1 Å². The molecular weight excluding hydrogens is 332 g/mol. The molecule has 2 aromatic rings. The van der Waals surface area contributed by atoms with E-state index in [1.54, 1.807) is 0 Å². The Balaban J connectivity index is 1.79. The van der Waals surface area contributed by atoms with Crippen molar-refractivity contribution in [1.82, 2.24) is 0 Å². The summed E-state index contributed by atoms with van der Waals surface area (Å²) < 4.78 is 0. The fourth-order valence-electron chi connectivity index (χ4n) is 3.19. The number of rotatable bonds is 6. The van der Waals surface area contributed by atoms with Crippen LogP contribution in [0.5, 0.6) is 0 Å². The van der Waals surface area contributed by atoms with E-state index in [1.165, 1.54) is 56.3 Å². The summed E-state index contributed by atoms with van der Waals surface area (Å²) in [5.74, 6) is 0. The summed E-state index contributed by atoms with van der Waals surface area (Å²) >= 11 is 3.70. The zero-order chi connectivity index (χ0) is 16.5. The summed E-state index contributed by atoms with van der Waals surface area (Å²) in [6.45, 7) is 4.47. The van der Waals surface area contributed by atoms with Gasteiger partial charge in [-0.15, -0.1) is 0 Å². The molecule has 24 heavy (non-hydrogen) atoms. The van der Waals surface area contributed by atoms with E-state index in [1.807, 2.05) is 23.5 Å². The van der Waals surface area contributed by atoms with Gasteiger partial charge in [-0.2, -0.15) is 0 Å². The second-order valence-corrected chi connectivity index (χ2v) is 8.57. The molecule has 0 fully saturated rings. The summed E-state index contributed by atoms with van der Waals surface area (Å²) in [4.78, 5) is 12.6. The van der Waals surface area contributed by atoms with Crippen molar-refractivity contribution in [3.8, 4) is 0 Å². The molecule has 4 rings (SSSR count). The summed E-state index contributed by atoms with van der Waals surface area (Å²) in [6, 6.07) is 8.89. The van der Waals surface area contributed by atoms with Gasteiger partial charge in [0.2, 0.25) is 0 Å². The van der Waals surface area contributed by atoms with E-state index in [4.69, 9.17) is 9.98 Å². The molecule has 0 bridgehead atoms. The Kier molecular flexibility index (Phi) is 4.68. The molecule has 124 valence electrons. The van der Waals surface area contributed by atoms with Crippen molar-refractivity contribution in [1.29, 1.82) is 0 Å². The first-order valence-electron chi connectivity index (χ1n) is 8.90. The molecule has 0 radical (unpaired) electrons. The Bertz CT molecular complexity index is 781. The van der Waals surface area contributed by atoms with Crippen LogP contribution in [0, 0.1) is 0 Å². The molecule has 2 aliphatic rings. The van der Waals surface area contributed by atoms with Crippen molar-refractivity contribution < 1.29 is 0 Å². The Morgan fingerprint density at radius 1 is 0.708 bits per heavy atom. The van der Waals surface area contributed by atoms with Gasteiger partial charge in [0.25, 0.3) is 0 Å². The number of thioether (sulfide) groups is 2. The van der Waals surface area contributed by atoms with Crippen LogP contribution < -0.4 is 0 Å². The molecule has 0 saturated carbocycles. The maximum absolute atomic E-state index is 4.93. The van der Waals surface area contributed by atoms with Crippen molar-refractivity contribution >= 4 is 55.8 Å². The SMILES string of the molecule is CCCCC1=Nc2ccc3c4c(ccc(c24)S1)N=C(CCCC)S3. The number of aliphatic imine (C=N–C) groups is 2. The van der Waals surface area contributed by atoms with Gasteiger partial charge < -0.3 is 0 Å². The molecule has 2 aromatic carbocycles. The van der Waals surface area contributed by atoms with E-state index < -0.39 is 0 Å². The predicted octanol–water partition coefficient (Wildman–Crippen LogP) is 7.49. The third kappa shape index (κ3) is 2.91. The van der Waals surface area contributed by atoms with Gasteiger partial charge in [0, 0.05) is 20.6 Å². The van der Waals surface area contributed by atoms with Crippen molar-refractivity contribution in [3.63, 3.8) is 0 Å². The Morgan fingerprint density at radius 2 is 1.17 bits per heavy atom. The first kappa shape index (κ1) is 16.2. The lowest BCUT2D eigenvalue weighted by Crippen LogP contribution is -2.01. The van der Waals surface area contributed by atoms with Crippen LogP contribution in [-0.2, 0) is 0 Å². The largest absolute Gasteiger partial charge is 0.246 e. The highest BCUT2D eigenvalue weighted by Crippen LogP contribution is 2.50. The minimum Gasteiger partial charge on any atom is -0.246 e. The van der Waals surface area contributed by atoms with Gasteiger partial charge in [-0.1, -0.05) is 50.2 Å². The zero-order valence-electron chi connectivity index (χ0n) is 14.3. The number of nitrogens with zero attached hydrogens (tertiary/aromatic N) is 2. The van der Waals surface area contributed by atoms with Crippen LogP contribution in [0.4, 0.5) is 11.4 Å². The molecule has 0 saturated heterocycles. The first-order valence-corrected chi connectivity index (χ1v) is 10.5. The minimum atomic E-state index is 1.08. The quantitative estimate of drug-likeness (QED) is 0.536. The Labute approximate surface area is 152 Å². The molecule has 0 amide bonds. The third-order valence-electron chi connectivity index (χ3n) is 4.47. The lowest BCUT2D eigenvalue weighted by Gasteiger charge is -2.22. The van der Waals surface area contributed by atoms with E-state index in [0.717, 1.165) is 24.2 Å². The fourth-order valence-corrected chi connectivity index (χ4v) is 5.37. The number of hydrogen-bond donors (Lipinski definition) is 0. The van der Waals surface area contributed by atoms with E-state index in [-0.39, 0.29) is 0 Å². The summed E-state index contributed by atoms with van der Waals surface area (Å²) in [5, 5.41) is 5.12. The van der Waals surface area contributed by atoms with Crippen LogP contribution in [-0.4, -0.2) is 10.1 Å². The number of hydrogen-bond acceptors (Lipinski definition) is 4. The standard InChI is InChI=1S/C20H22N2S2/c1-3-5-7-17-21-13-9-12-16-20-14(10-11-15(23-17)19(13)20)22-18(24-16)8-6-4-2/h9-12H,3-8H2,1-2H3. The smallest absolute Gasteiger partial charge is 0.0786 e. The van der Waals surface area contributed by atoms with Crippen LogP contribution in [0.2, 0.25) is 0 Å². The normalized spacial score (nSPS) is 15.4. The van der Waals surface area contributed by atoms with Gasteiger partial charge in [-0.3, -0.25) is 0 Å². The highest BCUT2D eigenvalue weighted by atomic mass is 32.2. The maximum atomic E-state index is 4.93. The van der Waals surface area contributed by atoms with Crippen LogP contribution in [0.15, 0.2) is 44.0 Å². The van der Waals surface area contributed by atoms with Gasteiger partial charge in [0.15, 0.2) is 0 Å². The zero-order valence-corrected chi connectivity index (χ0v) is 15.9. The molecular formula is C20H22N2S2. The summed E-state index contributed by atoms with van der Waals surface area (Å²) in [6.07, 6.45) is 7.01. The lowest BCUT2D eigenvalue weighted by molar-refractivity contribution is 0.840. The van der Waals surface area contributed by atoms with Gasteiger partial charge >= 0.3 is 0 Å². The van der Waals surface area contributed by atoms with Crippen LogP contribution in [0.1, 0.15) is 52.4 Å². The molecule has 0 aliphatic carbocycles. The topological polar surface area (TPSA) is 24.7 Å². The summed E-state index contributed by atoms with van der Waals surface area (Å²) in [5.41, 5.74) is 2.26. The second-order valence-electron chi connectivity index (χ2n) is 6.34. The molecule has 0 aromatic heterocycles. The average molecular weight is 355 g/mol. The van der Waals surface area contributed by atoms with Crippen molar-refractivity contribution in [2.24, 2.45) is 9.98 Å². The molecule has 0 spiro atoms. The van der Waals surface area contributed by atoms with Crippen LogP contribution >= 0.6 is 23.5 Å². The Hall–Kier alpha value is -1.26. The Morgan fingerprint density at radius 3 is 1.58 bits per heavy atom. The van der Waals surface area contributed by atoms with E-state index >= 15 is 0 Å². The van der Waals surface area contributed by atoms with Crippen LogP contribution in [0.3, 0.4) is 0 Å². The second kappa shape index (κ2) is 6.93. The molecule has 2 nitrogen and oxygen atoms in total. The molecule has 0 unspecified atom stereocenters. The molecule has 2 heterocycles.